The molecule has 110 valence electrons. The van der Waals surface area contributed by atoms with Crippen LogP contribution in [-0.4, -0.2) is 30.3 Å². The van der Waals surface area contributed by atoms with Crippen molar-refractivity contribution in [3.8, 4) is 0 Å². The molecule has 0 spiro atoms. The van der Waals surface area contributed by atoms with Crippen LogP contribution in [-0.2, 0) is 0 Å². The van der Waals surface area contributed by atoms with Crippen LogP contribution in [0.3, 0.4) is 0 Å². The van der Waals surface area contributed by atoms with E-state index in [4.69, 9.17) is 0 Å². The highest BCUT2D eigenvalue weighted by Gasteiger charge is 2.40. The summed E-state index contributed by atoms with van der Waals surface area (Å²) in [5.41, 5.74) is 0.386. The predicted molar refractivity (Wildman–Crippen MR) is 75.9 cm³/mol. The summed E-state index contributed by atoms with van der Waals surface area (Å²) in [4.78, 5) is 12.0. The maximum absolute atomic E-state index is 12.0. The summed E-state index contributed by atoms with van der Waals surface area (Å²) in [6, 6.07) is 0.0920. The first-order valence-corrected chi connectivity index (χ1v) is 7.84. The van der Waals surface area contributed by atoms with Crippen LogP contribution < -0.4 is 10.6 Å². The molecule has 0 aromatic heterocycles. The van der Waals surface area contributed by atoms with Crippen LogP contribution in [0.25, 0.3) is 0 Å². The molecule has 0 saturated heterocycles. The number of amides is 2. The van der Waals surface area contributed by atoms with Crippen molar-refractivity contribution in [2.45, 2.75) is 64.3 Å². The average Bonchev–Trinajstić information content (AvgIpc) is 3.21. The first-order chi connectivity index (χ1) is 9.19. The third-order valence-corrected chi connectivity index (χ3v) is 5.04. The normalized spacial score (nSPS) is 29.4. The van der Waals surface area contributed by atoms with E-state index in [0.29, 0.717) is 5.41 Å². The van der Waals surface area contributed by atoms with E-state index in [-0.39, 0.29) is 24.6 Å². The largest absolute Gasteiger partial charge is 0.396 e. The molecule has 2 aliphatic carbocycles. The van der Waals surface area contributed by atoms with Gasteiger partial charge < -0.3 is 15.7 Å². The fraction of sp³-hybridized carbons (Fsp3) is 0.933. The Morgan fingerprint density at radius 1 is 1.26 bits per heavy atom. The SMILES string of the molecule is CCC1(CNC(=O)NC2CCCCCC2CO)CC1. The molecule has 4 heteroatoms. The number of hydrogen-bond donors (Lipinski definition) is 3. The fourth-order valence-electron chi connectivity index (χ4n) is 3.11. The lowest BCUT2D eigenvalue weighted by molar-refractivity contribution is 0.178. The summed E-state index contributed by atoms with van der Waals surface area (Å²) >= 11 is 0. The van der Waals surface area contributed by atoms with Crippen LogP contribution >= 0.6 is 0 Å². The van der Waals surface area contributed by atoms with E-state index in [0.717, 1.165) is 32.2 Å². The summed E-state index contributed by atoms with van der Waals surface area (Å²) in [7, 11) is 0. The minimum absolute atomic E-state index is 0.0509. The third-order valence-electron chi connectivity index (χ3n) is 5.04. The van der Waals surface area contributed by atoms with Crippen molar-refractivity contribution in [1.82, 2.24) is 10.6 Å². The summed E-state index contributed by atoms with van der Waals surface area (Å²) in [5, 5.41) is 15.5. The summed E-state index contributed by atoms with van der Waals surface area (Å²) in [6.07, 6.45) is 9.20. The van der Waals surface area contributed by atoms with Gasteiger partial charge >= 0.3 is 6.03 Å². The zero-order chi connectivity index (χ0) is 13.7. The highest BCUT2D eigenvalue weighted by atomic mass is 16.3. The van der Waals surface area contributed by atoms with Gasteiger partial charge in [-0.25, -0.2) is 4.79 Å². The molecule has 2 atom stereocenters. The molecule has 2 saturated carbocycles. The Hall–Kier alpha value is -0.770. The maximum atomic E-state index is 12.0. The van der Waals surface area contributed by atoms with Crippen molar-refractivity contribution in [3.05, 3.63) is 0 Å². The molecule has 4 nitrogen and oxygen atoms in total. The lowest BCUT2D eigenvalue weighted by Crippen LogP contribution is -2.47. The van der Waals surface area contributed by atoms with Gasteiger partial charge in [-0.2, -0.15) is 0 Å². The van der Waals surface area contributed by atoms with E-state index in [1.165, 1.54) is 25.7 Å². The van der Waals surface area contributed by atoms with Gasteiger partial charge in [0.25, 0.3) is 0 Å². The minimum atomic E-state index is -0.0509. The number of nitrogens with one attached hydrogen (secondary N) is 2. The van der Waals surface area contributed by atoms with Gasteiger partial charge in [0.15, 0.2) is 0 Å². The Labute approximate surface area is 116 Å². The molecule has 0 heterocycles. The highest BCUT2D eigenvalue weighted by molar-refractivity contribution is 5.74. The number of aliphatic hydroxyl groups excluding tert-OH is 1. The predicted octanol–water partition coefficient (Wildman–Crippen LogP) is 2.42. The second kappa shape index (κ2) is 6.60. The third kappa shape index (κ3) is 4.10. The summed E-state index contributed by atoms with van der Waals surface area (Å²) in [6.45, 7) is 3.18. The molecule has 2 rings (SSSR count). The van der Waals surface area contributed by atoms with Gasteiger partial charge in [0.05, 0.1) is 0 Å². The van der Waals surface area contributed by atoms with Crippen LogP contribution in [0.5, 0.6) is 0 Å². The van der Waals surface area contributed by atoms with Crippen molar-refractivity contribution < 1.29 is 9.90 Å². The monoisotopic (exact) mass is 268 g/mol. The molecule has 19 heavy (non-hydrogen) atoms. The Morgan fingerprint density at radius 2 is 2.00 bits per heavy atom. The van der Waals surface area contributed by atoms with Crippen LogP contribution in [0.4, 0.5) is 4.79 Å². The first kappa shape index (κ1) is 14.6. The van der Waals surface area contributed by atoms with Crippen molar-refractivity contribution in [1.29, 1.82) is 0 Å². The number of rotatable bonds is 5. The number of carbonyl (C=O) groups is 1. The van der Waals surface area contributed by atoms with Crippen molar-refractivity contribution in [2.24, 2.45) is 11.3 Å². The first-order valence-electron chi connectivity index (χ1n) is 7.84. The van der Waals surface area contributed by atoms with Crippen molar-refractivity contribution in [3.63, 3.8) is 0 Å². The maximum Gasteiger partial charge on any atom is 0.315 e. The number of carbonyl (C=O) groups excluding carboxylic acids is 1. The van der Waals surface area contributed by atoms with E-state index < -0.39 is 0 Å². The fourth-order valence-corrected chi connectivity index (χ4v) is 3.11. The van der Waals surface area contributed by atoms with Crippen LogP contribution in [0.15, 0.2) is 0 Å². The van der Waals surface area contributed by atoms with Gasteiger partial charge in [-0.15, -0.1) is 0 Å². The Morgan fingerprint density at radius 3 is 2.63 bits per heavy atom. The van der Waals surface area contributed by atoms with E-state index in [2.05, 4.69) is 17.6 Å². The van der Waals surface area contributed by atoms with Gasteiger partial charge in [-0.05, 0) is 37.5 Å². The molecule has 3 N–H and O–H groups in total. The molecular formula is C15H28N2O2. The quantitative estimate of drug-likeness (QED) is 0.671. The Kier molecular flexibility index (Phi) is 5.08. The molecule has 2 amide bonds. The van der Waals surface area contributed by atoms with Gasteiger partial charge in [-0.1, -0.05) is 26.2 Å². The molecule has 2 fully saturated rings. The molecule has 0 aliphatic heterocycles. The minimum Gasteiger partial charge on any atom is -0.396 e. The van der Waals surface area contributed by atoms with Crippen molar-refractivity contribution >= 4 is 6.03 Å². The molecule has 0 aromatic carbocycles. The summed E-state index contributed by atoms with van der Waals surface area (Å²) in [5.74, 6) is 0.231. The van der Waals surface area contributed by atoms with E-state index in [1.54, 1.807) is 0 Å². The molecule has 2 aliphatic rings. The van der Waals surface area contributed by atoms with E-state index in [1.807, 2.05) is 0 Å². The van der Waals surface area contributed by atoms with Gasteiger partial charge in [0.1, 0.15) is 0 Å². The van der Waals surface area contributed by atoms with Crippen LogP contribution in [0, 0.1) is 11.3 Å². The Balaban J connectivity index is 1.76. The Bertz CT molecular complexity index is 303. The average molecular weight is 268 g/mol. The standard InChI is InChI=1S/C15H28N2O2/c1-2-15(8-9-15)11-16-14(19)17-13-7-5-3-4-6-12(13)10-18/h12-13,18H,2-11H2,1H3,(H2,16,17,19). The number of urea groups is 1. The molecule has 2 unspecified atom stereocenters. The number of aliphatic hydroxyl groups is 1. The van der Waals surface area contributed by atoms with Gasteiger partial charge in [0, 0.05) is 25.1 Å². The van der Waals surface area contributed by atoms with E-state index >= 15 is 0 Å². The zero-order valence-electron chi connectivity index (χ0n) is 12.1. The zero-order valence-corrected chi connectivity index (χ0v) is 12.1. The molecular weight excluding hydrogens is 240 g/mol. The highest BCUT2D eigenvalue weighted by Crippen LogP contribution is 2.47. The van der Waals surface area contributed by atoms with Crippen molar-refractivity contribution in [2.75, 3.05) is 13.2 Å². The molecule has 0 aromatic rings. The second-order valence-electron chi connectivity index (χ2n) is 6.37. The lowest BCUT2D eigenvalue weighted by atomic mass is 9.96. The summed E-state index contributed by atoms with van der Waals surface area (Å²) < 4.78 is 0. The van der Waals surface area contributed by atoms with Gasteiger partial charge in [0.2, 0.25) is 0 Å². The smallest absolute Gasteiger partial charge is 0.315 e. The second-order valence-corrected chi connectivity index (χ2v) is 6.37. The van der Waals surface area contributed by atoms with Gasteiger partial charge in [-0.3, -0.25) is 0 Å². The van der Waals surface area contributed by atoms with E-state index in [9.17, 15) is 9.90 Å². The number of hydrogen-bond acceptors (Lipinski definition) is 2. The molecule has 0 bridgehead atoms. The van der Waals surface area contributed by atoms with Crippen LogP contribution in [0.1, 0.15) is 58.3 Å². The molecule has 0 radical (unpaired) electrons. The topological polar surface area (TPSA) is 61.4 Å². The lowest BCUT2D eigenvalue weighted by Gasteiger charge is -2.25. The van der Waals surface area contributed by atoms with Crippen LogP contribution in [0.2, 0.25) is 0 Å².